The summed E-state index contributed by atoms with van der Waals surface area (Å²) in [5.74, 6) is -0.941. The minimum Gasteiger partial charge on any atom is -0.355 e. The summed E-state index contributed by atoms with van der Waals surface area (Å²) in [5.41, 5.74) is 1.36. The molecule has 2 aromatic carbocycles. The van der Waals surface area contributed by atoms with Gasteiger partial charge in [0.05, 0.1) is 5.69 Å². The van der Waals surface area contributed by atoms with Crippen LogP contribution in [0.3, 0.4) is 0 Å². The minimum atomic E-state index is -0.721. The van der Waals surface area contributed by atoms with Crippen LogP contribution in [0.1, 0.15) is 16.1 Å². The summed E-state index contributed by atoms with van der Waals surface area (Å²) in [5, 5.41) is 6.17. The molecule has 0 fully saturated rings. The Kier molecular flexibility index (Phi) is 3.57. The van der Waals surface area contributed by atoms with Gasteiger partial charge in [-0.1, -0.05) is 17.3 Å². The van der Waals surface area contributed by atoms with E-state index in [1.807, 2.05) is 24.3 Å². The number of benzene rings is 2. The first-order valence-corrected chi connectivity index (χ1v) is 8.09. The zero-order valence-corrected chi connectivity index (χ0v) is 13.0. The lowest BCUT2D eigenvalue weighted by atomic mass is 10.1. The number of nitrogens with zero attached hydrogens (tertiary/aromatic N) is 1. The van der Waals surface area contributed by atoms with E-state index in [1.54, 1.807) is 11.8 Å². The van der Waals surface area contributed by atoms with Gasteiger partial charge in [0.15, 0.2) is 11.5 Å². The Balaban J connectivity index is 1.68. The average molecular weight is 344 g/mol. The van der Waals surface area contributed by atoms with Gasteiger partial charge in [0, 0.05) is 27.8 Å². The smallest absolute Gasteiger partial charge is 0.278 e. The van der Waals surface area contributed by atoms with Crippen molar-refractivity contribution in [2.24, 2.45) is 0 Å². The molecular weight excluding hydrogens is 334 g/mol. The maximum Gasteiger partial charge on any atom is 0.278 e. The van der Waals surface area contributed by atoms with Crippen LogP contribution in [-0.4, -0.2) is 11.1 Å². The third-order valence-corrected chi connectivity index (χ3v) is 4.78. The first-order chi connectivity index (χ1) is 11.6. The van der Waals surface area contributed by atoms with Crippen LogP contribution >= 0.6 is 11.8 Å². The van der Waals surface area contributed by atoms with E-state index in [0.717, 1.165) is 28.7 Å². The predicted molar refractivity (Wildman–Crippen MR) is 85.8 cm³/mol. The number of aromatic nitrogens is 1. The standard InChI is InChI=1S/C17H10F2N2O2S/c18-9-5-6-12(19)13(7-9)20-17(22)15-11-8-24-14-4-2-1-3-10(14)16(11)23-21-15/h1-7H,8H2,(H,20,22). The van der Waals surface area contributed by atoms with Crippen molar-refractivity contribution in [3.8, 4) is 11.3 Å². The summed E-state index contributed by atoms with van der Waals surface area (Å²) < 4.78 is 32.2. The Morgan fingerprint density at radius 2 is 2.04 bits per heavy atom. The topological polar surface area (TPSA) is 55.1 Å². The van der Waals surface area contributed by atoms with Gasteiger partial charge in [-0.3, -0.25) is 4.79 Å². The normalized spacial score (nSPS) is 12.4. The largest absolute Gasteiger partial charge is 0.355 e. The van der Waals surface area contributed by atoms with Crippen molar-refractivity contribution in [1.82, 2.24) is 5.16 Å². The van der Waals surface area contributed by atoms with Crippen LogP contribution in [0.25, 0.3) is 11.3 Å². The van der Waals surface area contributed by atoms with E-state index in [4.69, 9.17) is 4.52 Å². The molecule has 1 amide bonds. The molecule has 3 aromatic rings. The SMILES string of the molecule is O=C(Nc1cc(F)ccc1F)c1noc2c1CSc1ccccc1-2. The third kappa shape index (κ3) is 2.46. The van der Waals surface area contributed by atoms with Crippen molar-refractivity contribution in [2.75, 3.05) is 5.32 Å². The molecule has 24 heavy (non-hydrogen) atoms. The van der Waals surface area contributed by atoms with Crippen LogP contribution in [-0.2, 0) is 5.75 Å². The molecule has 0 aliphatic carbocycles. The van der Waals surface area contributed by atoms with Crippen LogP contribution in [0.5, 0.6) is 0 Å². The predicted octanol–water partition coefficient (Wildman–Crippen LogP) is 4.48. The summed E-state index contributed by atoms with van der Waals surface area (Å²) in [6.07, 6.45) is 0. The molecule has 1 aliphatic rings. The van der Waals surface area contributed by atoms with Crippen LogP contribution in [0.2, 0.25) is 0 Å². The van der Waals surface area contributed by atoms with Gasteiger partial charge in [-0.05, 0) is 24.3 Å². The number of hydrogen-bond acceptors (Lipinski definition) is 4. The fraction of sp³-hybridized carbons (Fsp3) is 0.0588. The maximum absolute atomic E-state index is 13.7. The van der Waals surface area contributed by atoms with Crippen molar-refractivity contribution in [2.45, 2.75) is 10.6 Å². The second kappa shape index (κ2) is 5.76. The van der Waals surface area contributed by atoms with Crippen LogP contribution in [0.4, 0.5) is 14.5 Å². The highest BCUT2D eigenvalue weighted by atomic mass is 32.2. The van der Waals surface area contributed by atoms with E-state index in [9.17, 15) is 13.6 Å². The Bertz CT molecular complexity index is 956. The fourth-order valence-electron chi connectivity index (χ4n) is 2.54. The monoisotopic (exact) mass is 344 g/mol. The summed E-state index contributed by atoms with van der Waals surface area (Å²) in [6.45, 7) is 0. The molecule has 0 saturated heterocycles. The lowest BCUT2D eigenvalue weighted by molar-refractivity contribution is 0.101. The molecule has 2 heterocycles. The molecule has 7 heteroatoms. The number of rotatable bonds is 2. The van der Waals surface area contributed by atoms with E-state index >= 15 is 0 Å². The molecular formula is C17H10F2N2O2S. The van der Waals surface area contributed by atoms with Crippen molar-refractivity contribution >= 4 is 23.4 Å². The van der Waals surface area contributed by atoms with Crippen molar-refractivity contribution in [1.29, 1.82) is 0 Å². The number of nitrogens with one attached hydrogen (secondary N) is 1. The number of hydrogen-bond donors (Lipinski definition) is 1. The number of fused-ring (bicyclic) bond motifs is 3. The quantitative estimate of drug-likeness (QED) is 0.745. The summed E-state index contributed by atoms with van der Waals surface area (Å²) in [7, 11) is 0. The molecule has 0 bridgehead atoms. The average Bonchev–Trinajstić information content (AvgIpc) is 3.03. The van der Waals surface area contributed by atoms with Gasteiger partial charge in [0.2, 0.25) is 0 Å². The Morgan fingerprint density at radius 3 is 2.92 bits per heavy atom. The summed E-state index contributed by atoms with van der Waals surface area (Å²) in [4.78, 5) is 13.4. The highest BCUT2D eigenvalue weighted by molar-refractivity contribution is 7.98. The lowest BCUT2D eigenvalue weighted by Crippen LogP contribution is -2.15. The van der Waals surface area contributed by atoms with Gasteiger partial charge in [0.25, 0.3) is 5.91 Å². The highest BCUT2D eigenvalue weighted by Crippen LogP contribution is 2.42. The second-order valence-electron chi connectivity index (χ2n) is 5.20. The second-order valence-corrected chi connectivity index (χ2v) is 6.22. The van der Waals surface area contributed by atoms with Gasteiger partial charge in [-0.15, -0.1) is 11.8 Å². The van der Waals surface area contributed by atoms with Gasteiger partial charge in [-0.2, -0.15) is 0 Å². The lowest BCUT2D eigenvalue weighted by Gasteiger charge is -2.13. The number of halogens is 2. The van der Waals surface area contributed by atoms with E-state index in [2.05, 4.69) is 10.5 Å². The van der Waals surface area contributed by atoms with E-state index in [-0.39, 0.29) is 11.4 Å². The zero-order valence-electron chi connectivity index (χ0n) is 12.2. The molecule has 0 saturated carbocycles. The minimum absolute atomic E-state index is 0.0793. The molecule has 120 valence electrons. The van der Waals surface area contributed by atoms with E-state index < -0.39 is 17.5 Å². The Hall–Kier alpha value is -2.67. The molecule has 0 spiro atoms. The first-order valence-electron chi connectivity index (χ1n) is 7.10. The molecule has 4 rings (SSSR count). The van der Waals surface area contributed by atoms with E-state index in [0.29, 0.717) is 17.1 Å². The number of thioether (sulfide) groups is 1. The Labute approximate surface area is 139 Å². The van der Waals surface area contributed by atoms with Crippen LogP contribution in [0, 0.1) is 11.6 Å². The molecule has 1 N–H and O–H groups in total. The van der Waals surface area contributed by atoms with E-state index in [1.165, 1.54) is 0 Å². The summed E-state index contributed by atoms with van der Waals surface area (Å²) >= 11 is 1.57. The number of carbonyl (C=O) groups is 1. The highest BCUT2D eigenvalue weighted by Gasteiger charge is 2.28. The van der Waals surface area contributed by atoms with Crippen molar-refractivity contribution in [3.05, 3.63) is 65.4 Å². The Morgan fingerprint density at radius 1 is 1.21 bits per heavy atom. The van der Waals surface area contributed by atoms with Gasteiger partial charge in [0.1, 0.15) is 11.6 Å². The molecule has 0 atom stereocenters. The van der Waals surface area contributed by atoms with Gasteiger partial charge < -0.3 is 9.84 Å². The summed E-state index contributed by atoms with van der Waals surface area (Å²) in [6, 6.07) is 10.5. The third-order valence-electron chi connectivity index (χ3n) is 3.68. The molecule has 1 aliphatic heterocycles. The van der Waals surface area contributed by atoms with Crippen molar-refractivity contribution < 1.29 is 18.1 Å². The number of anilines is 1. The number of carbonyl (C=O) groups excluding carboxylic acids is 1. The van der Waals surface area contributed by atoms with Gasteiger partial charge >= 0.3 is 0 Å². The van der Waals surface area contributed by atoms with Crippen LogP contribution < -0.4 is 5.32 Å². The van der Waals surface area contributed by atoms with Gasteiger partial charge in [-0.25, -0.2) is 8.78 Å². The number of amides is 1. The molecule has 0 unspecified atom stereocenters. The van der Waals surface area contributed by atoms with Crippen LogP contribution in [0.15, 0.2) is 51.9 Å². The molecule has 0 radical (unpaired) electrons. The molecule has 4 nitrogen and oxygen atoms in total. The fourth-order valence-corrected chi connectivity index (χ4v) is 3.60. The van der Waals surface area contributed by atoms with Crippen molar-refractivity contribution in [3.63, 3.8) is 0 Å². The maximum atomic E-state index is 13.7. The zero-order chi connectivity index (χ0) is 16.7. The first kappa shape index (κ1) is 14.9. The molecule has 1 aromatic heterocycles.